The van der Waals surface area contributed by atoms with Crippen LogP contribution in [0.3, 0.4) is 0 Å². The lowest BCUT2D eigenvalue weighted by molar-refractivity contribution is -0.116. The lowest BCUT2D eigenvalue weighted by atomic mass is 10.2. The Morgan fingerprint density at radius 3 is 2.44 bits per heavy atom. The van der Waals surface area contributed by atoms with E-state index in [-0.39, 0.29) is 16.8 Å². The molecule has 0 radical (unpaired) electrons. The zero-order valence-electron chi connectivity index (χ0n) is 14.6. The number of sulfonamides is 1. The van der Waals surface area contributed by atoms with Crippen molar-refractivity contribution in [2.24, 2.45) is 0 Å². The summed E-state index contributed by atoms with van der Waals surface area (Å²) in [5.41, 5.74) is 2.58. The Kier molecular flexibility index (Phi) is 4.56. The van der Waals surface area contributed by atoms with Gasteiger partial charge in [0.15, 0.2) is 0 Å². The van der Waals surface area contributed by atoms with Gasteiger partial charge in [0.25, 0.3) is 10.0 Å². The summed E-state index contributed by atoms with van der Waals surface area (Å²) in [6, 6.07) is 12.5. The Balaban J connectivity index is 2.01. The second-order valence-corrected chi connectivity index (χ2v) is 8.16. The minimum Gasteiger partial charge on any atom is -0.308 e. The van der Waals surface area contributed by atoms with Crippen molar-refractivity contribution in [1.29, 1.82) is 0 Å². The molecule has 1 amide bonds. The normalized spacial score (nSPS) is 14.2. The average Bonchev–Trinajstić information content (AvgIpc) is 3.35. The van der Waals surface area contributed by atoms with Gasteiger partial charge in [-0.2, -0.15) is 0 Å². The fourth-order valence-corrected chi connectivity index (χ4v) is 4.33. The topological polar surface area (TPSA) is 66.5 Å². The highest BCUT2D eigenvalue weighted by Crippen LogP contribution is 2.36. The number of anilines is 2. The van der Waals surface area contributed by atoms with Gasteiger partial charge in [-0.05, 0) is 56.0 Å². The molecule has 0 aromatic heterocycles. The molecular weight excluding hydrogens is 336 g/mol. The number of benzene rings is 2. The largest absolute Gasteiger partial charge is 0.308 e. The predicted octanol–water partition coefficient (Wildman–Crippen LogP) is 3.62. The van der Waals surface area contributed by atoms with Crippen molar-refractivity contribution in [1.82, 2.24) is 0 Å². The van der Waals surface area contributed by atoms with Crippen molar-refractivity contribution in [2.45, 2.75) is 44.6 Å². The van der Waals surface area contributed by atoms with E-state index >= 15 is 0 Å². The first-order chi connectivity index (χ1) is 11.8. The predicted molar refractivity (Wildman–Crippen MR) is 99.3 cm³/mol. The lowest BCUT2D eigenvalue weighted by Crippen LogP contribution is -2.31. The van der Waals surface area contributed by atoms with E-state index in [1.165, 1.54) is 6.92 Å². The Hall–Kier alpha value is -2.34. The van der Waals surface area contributed by atoms with Crippen molar-refractivity contribution in [2.75, 3.05) is 9.62 Å². The molecule has 0 heterocycles. The van der Waals surface area contributed by atoms with Gasteiger partial charge in [0.05, 0.1) is 16.3 Å². The number of aryl methyl sites for hydroxylation is 2. The van der Waals surface area contributed by atoms with Crippen LogP contribution in [-0.2, 0) is 14.8 Å². The highest BCUT2D eigenvalue weighted by atomic mass is 32.2. The number of amides is 1. The van der Waals surface area contributed by atoms with Crippen LogP contribution in [0.5, 0.6) is 0 Å². The van der Waals surface area contributed by atoms with Crippen LogP contribution in [-0.4, -0.2) is 20.4 Å². The van der Waals surface area contributed by atoms with E-state index in [2.05, 4.69) is 4.72 Å². The van der Waals surface area contributed by atoms with Crippen molar-refractivity contribution >= 4 is 27.3 Å². The molecule has 1 saturated carbocycles. The minimum atomic E-state index is -3.74. The van der Waals surface area contributed by atoms with Gasteiger partial charge in [0.2, 0.25) is 5.91 Å². The van der Waals surface area contributed by atoms with Crippen LogP contribution < -0.4 is 9.62 Å². The summed E-state index contributed by atoms with van der Waals surface area (Å²) in [6.45, 7) is 5.14. The molecular formula is C19H22N2O3S. The Labute approximate surface area is 148 Å². The number of carbonyl (C=O) groups excluding carboxylic acids is 1. The standard InChI is InChI=1S/C19H22N2O3S/c1-13-8-9-14(2)19(12-13)25(23,24)20-17-6-4-5-7-18(17)21(15(3)22)16-10-11-16/h4-9,12,16,20H,10-11H2,1-3H3. The highest BCUT2D eigenvalue weighted by Gasteiger charge is 2.33. The number of nitrogens with zero attached hydrogens (tertiary/aromatic N) is 1. The Morgan fingerprint density at radius 1 is 1.12 bits per heavy atom. The summed E-state index contributed by atoms with van der Waals surface area (Å²) >= 11 is 0. The van der Waals surface area contributed by atoms with Crippen molar-refractivity contribution in [3.63, 3.8) is 0 Å². The summed E-state index contributed by atoms with van der Waals surface area (Å²) in [4.78, 5) is 14.0. The smallest absolute Gasteiger partial charge is 0.262 e. The average molecular weight is 358 g/mol. The number of hydrogen-bond donors (Lipinski definition) is 1. The van der Waals surface area contributed by atoms with Gasteiger partial charge in [0, 0.05) is 13.0 Å². The van der Waals surface area contributed by atoms with E-state index in [4.69, 9.17) is 0 Å². The fraction of sp³-hybridized carbons (Fsp3) is 0.316. The zero-order chi connectivity index (χ0) is 18.2. The number of carbonyl (C=O) groups is 1. The molecule has 2 aromatic rings. The molecule has 3 rings (SSSR count). The first kappa shape index (κ1) is 17.5. The van der Waals surface area contributed by atoms with Crippen LogP contribution in [0.25, 0.3) is 0 Å². The SMILES string of the molecule is CC(=O)N(c1ccccc1NS(=O)(=O)c1cc(C)ccc1C)C1CC1. The molecule has 132 valence electrons. The fourth-order valence-electron chi connectivity index (χ4n) is 2.92. The zero-order valence-corrected chi connectivity index (χ0v) is 15.4. The van der Waals surface area contributed by atoms with Gasteiger partial charge in [0.1, 0.15) is 0 Å². The summed E-state index contributed by atoms with van der Waals surface area (Å²) in [6.07, 6.45) is 1.88. The van der Waals surface area contributed by atoms with Crippen LogP contribution in [0.4, 0.5) is 11.4 Å². The van der Waals surface area contributed by atoms with Gasteiger partial charge in [-0.1, -0.05) is 24.3 Å². The quantitative estimate of drug-likeness (QED) is 0.888. The van der Waals surface area contributed by atoms with E-state index in [9.17, 15) is 13.2 Å². The summed E-state index contributed by atoms with van der Waals surface area (Å²) in [5.74, 6) is -0.0825. The van der Waals surface area contributed by atoms with Crippen LogP contribution in [0, 0.1) is 13.8 Å². The molecule has 0 unspecified atom stereocenters. The van der Waals surface area contributed by atoms with Crippen molar-refractivity contribution in [3.8, 4) is 0 Å². The second kappa shape index (κ2) is 6.52. The van der Waals surface area contributed by atoms with Gasteiger partial charge in [-0.25, -0.2) is 8.42 Å². The minimum absolute atomic E-state index is 0.0825. The molecule has 0 aliphatic heterocycles. The molecule has 1 fully saturated rings. The van der Waals surface area contributed by atoms with Gasteiger partial charge in [-0.15, -0.1) is 0 Å². The van der Waals surface area contributed by atoms with E-state index in [1.807, 2.05) is 19.1 Å². The van der Waals surface area contributed by atoms with Gasteiger partial charge < -0.3 is 4.90 Å². The molecule has 1 aliphatic rings. The monoisotopic (exact) mass is 358 g/mol. The summed E-state index contributed by atoms with van der Waals surface area (Å²) < 4.78 is 28.4. The lowest BCUT2D eigenvalue weighted by Gasteiger charge is -2.24. The van der Waals surface area contributed by atoms with Crippen LogP contribution in [0.1, 0.15) is 30.9 Å². The molecule has 0 atom stereocenters. The molecule has 2 aromatic carbocycles. The first-order valence-corrected chi connectivity index (χ1v) is 9.77. The van der Waals surface area contributed by atoms with E-state index in [0.29, 0.717) is 16.9 Å². The number of nitrogens with one attached hydrogen (secondary N) is 1. The van der Waals surface area contributed by atoms with Crippen LogP contribution in [0.2, 0.25) is 0 Å². The summed E-state index contributed by atoms with van der Waals surface area (Å²) in [5, 5.41) is 0. The third-order valence-corrected chi connectivity index (χ3v) is 5.80. The van der Waals surface area contributed by atoms with Crippen LogP contribution in [0.15, 0.2) is 47.4 Å². The maximum Gasteiger partial charge on any atom is 0.262 e. The molecule has 25 heavy (non-hydrogen) atoms. The first-order valence-electron chi connectivity index (χ1n) is 8.28. The van der Waals surface area contributed by atoms with Gasteiger partial charge >= 0.3 is 0 Å². The maximum atomic E-state index is 12.9. The number of hydrogen-bond acceptors (Lipinski definition) is 3. The second-order valence-electron chi connectivity index (χ2n) is 6.51. The summed E-state index contributed by atoms with van der Waals surface area (Å²) in [7, 11) is -3.74. The van der Waals surface area contributed by atoms with E-state index in [1.54, 1.807) is 42.2 Å². The third-order valence-electron chi connectivity index (χ3n) is 4.29. The molecule has 1 aliphatic carbocycles. The van der Waals surface area contributed by atoms with E-state index in [0.717, 1.165) is 18.4 Å². The molecule has 0 saturated heterocycles. The van der Waals surface area contributed by atoms with Crippen molar-refractivity contribution < 1.29 is 13.2 Å². The Bertz CT molecular complexity index is 918. The molecule has 1 N–H and O–H groups in total. The molecule has 0 spiro atoms. The molecule has 5 nitrogen and oxygen atoms in total. The third kappa shape index (κ3) is 3.69. The Morgan fingerprint density at radius 2 is 1.80 bits per heavy atom. The molecule has 0 bridgehead atoms. The maximum absolute atomic E-state index is 12.9. The number of rotatable bonds is 5. The van der Waals surface area contributed by atoms with Crippen LogP contribution >= 0.6 is 0 Å². The van der Waals surface area contributed by atoms with Crippen molar-refractivity contribution in [3.05, 3.63) is 53.6 Å². The highest BCUT2D eigenvalue weighted by molar-refractivity contribution is 7.92. The molecule has 6 heteroatoms. The van der Waals surface area contributed by atoms with Gasteiger partial charge in [-0.3, -0.25) is 9.52 Å². The number of para-hydroxylation sites is 2. The van der Waals surface area contributed by atoms with E-state index < -0.39 is 10.0 Å².